The summed E-state index contributed by atoms with van der Waals surface area (Å²) in [4.78, 5) is 2.12. The number of hydrogen-bond donors (Lipinski definition) is 1. The zero-order chi connectivity index (χ0) is 17.2. The number of nitrogens with one attached hydrogen (secondary N) is 1. The van der Waals surface area contributed by atoms with Crippen LogP contribution in [0.5, 0.6) is 5.75 Å². The first-order valence-corrected chi connectivity index (χ1v) is 7.73. The van der Waals surface area contributed by atoms with Crippen molar-refractivity contribution in [3.8, 4) is 5.75 Å². The van der Waals surface area contributed by atoms with Gasteiger partial charge in [-0.2, -0.15) is 13.2 Å². The van der Waals surface area contributed by atoms with E-state index in [2.05, 4.69) is 10.2 Å². The topological polar surface area (TPSA) is 37.6 Å². The van der Waals surface area contributed by atoms with Gasteiger partial charge in [-0.15, -0.1) is 12.4 Å². The van der Waals surface area contributed by atoms with E-state index in [4.69, 9.17) is 9.15 Å². The molecule has 0 saturated carbocycles. The quantitative estimate of drug-likeness (QED) is 0.882. The lowest BCUT2D eigenvalue weighted by Crippen LogP contribution is -2.45. The number of piperazine rings is 1. The molecule has 0 spiro atoms. The first-order valence-electron chi connectivity index (χ1n) is 7.73. The number of furan rings is 1. The molecule has 1 N–H and O–H groups in total. The fraction of sp³-hybridized carbons (Fsp3) is 0.412. The Kier molecular flexibility index (Phi) is 6.37. The lowest BCUT2D eigenvalue weighted by molar-refractivity contribution is -0.137. The first kappa shape index (κ1) is 19.6. The summed E-state index contributed by atoms with van der Waals surface area (Å²) in [5, 5.41) is 3.25. The predicted molar refractivity (Wildman–Crippen MR) is 90.2 cm³/mol. The third-order valence-corrected chi connectivity index (χ3v) is 4.14. The summed E-state index contributed by atoms with van der Waals surface area (Å²) in [6, 6.07) is 7.00. The molecule has 138 valence electrons. The molecule has 3 rings (SSSR count). The van der Waals surface area contributed by atoms with Crippen molar-refractivity contribution < 1.29 is 22.3 Å². The molecule has 8 heteroatoms. The Bertz CT molecular complexity index is 671. The summed E-state index contributed by atoms with van der Waals surface area (Å²) in [6.07, 6.45) is -2.89. The van der Waals surface area contributed by atoms with Crippen LogP contribution < -0.4 is 10.1 Å². The van der Waals surface area contributed by atoms with Gasteiger partial charge >= 0.3 is 6.18 Å². The van der Waals surface area contributed by atoms with Crippen LogP contribution in [0.3, 0.4) is 0 Å². The van der Waals surface area contributed by atoms with Crippen LogP contribution >= 0.6 is 12.4 Å². The average molecular weight is 377 g/mol. The summed E-state index contributed by atoms with van der Waals surface area (Å²) < 4.78 is 50.3. The van der Waals surface area contributed by atoms with E-state index in [1.807, 2.05) is 0 Å². The van der Waals surface area contributed by atoms with Crippen LogP contribution in [0.2, 0.25) is 0 Å². The molecule has 0 aliphatic carbocycles. The van der Waals surface area contributed by atoms with Crippen molar-refractivity contribution in [1.82, 2.24) is 10.2 Å². The molecule has 0 bridgehead atoms. The van der Waals surface area contributed by atoms with Gasteiger partial charge in [-0.05, 0) is 35.9 Å². The van der Waals surface area contributed by atoms with E-state index < -0.39 is 11.7 Å². The van der Waals surface area contributed by atoms with Gasteiger partial charge in [0, 0.05) is 26.2 Å². The zero-order valence-corrected chi connectivity index (χ0v) is 14.5. The highest BCUT2D eigenvalue weighted by Gasteiger charge is 2.34. The molecule has 0 unspecified atom stereocenters. The summed E-state index contributed by atoms with van der Waals surface area (Å²) in [5.74, 6) is 0.810. The van der Waals surface area contributed by atoms with Crippen LogP contribution in [0.25, 0.3) is 0 Å². The second-order valence-electron chi connectivity index (χ2n) is 5.70. The molecule has 1 aromatic carbocycles. The van der Waals surface area contributed by atoms with E-state index in [0.717, 1.165) is 32.2 Å². The zero-order valence-electron chi connectivity index (χ0n) is 13.7. The Morgan fingerprint density at radius 3 is 2.48 bits per heavy atom. The third-order valence-electron chi connectivity index (χ3n) is 4.14. The molecule has 2 heterocycles. The van der Waals surface area contributed by atoms with Crippen LogP contribution in [-0.2, 0) is 6.18 Å². The number of rotatable bonds is 4. The minimum atomic E-state index is -4.43. The van der Waals surface area contributed by atoms with E-state index in [9.17, 15) is 13.2 Å². The van der Waals surface area contributed by atoms with Crippen molar-refractivity contribution in [2.75, 3.05) is 33.3 Å². The minimum absolute atomic E-state index is 0. The second kappa shape index (κ2) is 8.12. The first-order chi connectivity index (χ1) is 11.5. The van der Waals surface area contributed by atoms with E-state index in [0.29, 0.717) is 11.3 Å². The summed E-state index contributed by atoms with van der Waals surface area (Å²) in [7, 11) is 1.37. The molecule has 1 aromatic heterocycles. The fourth-order valence-electron chi connectivity index (χ4n) is 3.00. The molecule has 1 atom stereocenters. The Labute approximate surface area is 150 Å². The van der Waals surface area contributed by atoms with Crippen molar-refractivity contribution >= 4 is 12.4 Å². The van der Waals surface area contributed by atoms with Gasteiger partial charge in [0.15, 0.2) is 0 Å². The van der Waals surface area contributed by atoms with Crippen molar-refractivity contribution in [2.45, 2.75) is 12.2 Å². The maximum absolute atomic E-state index is 13.2. The van der Waals surface area contributed by atoms with Gasteiger partial charge in [0.05, 0.1) is 25.0 Å². The SMILES string of the molecule is COc1cc([C@H](c2ccco2)N2CCNCC2)cc(C(F)(F)F)c1.Cl. The number of alkyl halides is 3. The molecule has 1 saturated heterocycles. The Hall–Kier alpha value is -1.70. The van der Waals surface area contributed by atoms with Crippen molar-refractivity contribution in [3.05, 3.63) is 53.5 Å². The van der Waals surface area contributed by atoms with Crippen molar-refractivity contribution in [1.29, 1.82) is 0 Å². The normalized spacial score (nSPS) is 17.0. The summed E-state index contributed by atoms with van der Waals surface area (Å²) in [5.41, 5.74) is -0.206. The van der Waals surface area contributed by atoms with Crippen LogP contribution in [-0.4, -0.2) is 38.2 Å². The second-order valence-corrected chi connectivity index (χ2v) is 5.70. The molecule has 0 radical (unpaired) electrons. The van der Waals surface area contributed by atoms with Crippen LogP contribution in [0, 0.1) is 0 Å². The van der Waals surface area contributed by atoms with Gasteiger partial charge in [0.1, 0.15) is 11.5 Å². The Morgan fingerprint density at radius 1 is 1.20 bits per heavy atom. The molecule has 25 heavy (non-hydrogen) atoms. The van der Waals surface area contributed by atoms with Gasteiger partial charge < -0.3 is 14.5 Å². The third kappa shape index (κ3) is 4.48. The standard InChI is InChI=1S/C17H19F3N2O2.ClH/c1-23-14-10-12(9-13(11-14)17(18,19)20)16(15-3-2-8-24-15)22-6-4-21-5-7-22;/h2-3,8-11,16,21H,4-7H2,1H3;1H/t16-;/m1./s1. The molecule has 1 aliphatic rings. The number of methoxy groups -OCH3 is 1. The molecule has 2 aromatic rings. The van der Waals surface area contributed by atoms with Gasteiger partial charge in [0.25, 0.3) is 0 Å². The predicted octanol–water partition coefficient (Wildman–Crippen LogP) is 3.72. The molecule has 1 aliphatic heterocycles. The largest absolute Gasteiger partial charge is 0.497 e. The number of nitrogens with zero attached hydrogens (tertiary/aromatic N) is 1. The molecule has 4 nitrogen and oxygen atoms in total. The summed E-state index contributed by atoms with van der Waals surface area (Å²) in [6.45, 7) is 3.02. The van der Waals surface area contributed by atoms with Crippen molar-refractivity contribution in [2.24, 2.45) is 0 Å². The van der Waals surface area contributed by atoms with Crippen LogP contribution in [0.4, 0.5) is 13.2 Å². The minimum Gasteiger partial charge on any atom is -0.497 e. The Balaban J connectivity index is 0.00000225. The Morgan fingerprint density at radius 2 is 1.92 bits per heavy atom. The number of halogens is 4. The summed E-state index contributed by atoms with van der Waals surface area (Å²) >= 11 is 0. The van der Waals surface area contributed by atoms with E-state index in [1.54, 1.807) is 18.2 Å². The highest BCUT2D eigenvalue weighted by atomic mass is 35.5. The molecular weight excluding hydrogens is 357 g/mol. The lowest BCUT2D eigenvalue weighted by atomic mass is 9.99. The highest BCUT2D eigenvalue weighted by Crippen LogP contribution is 2.37. The smallest absolute Gasteiger partial charge is 0.416 e. The van der Waals surface area contributed by atoms with E-state index in [1.165, 1.54) is 19.4 Å². The number of benzene rings is 1. The van der Waals surface area contributed by atoms with Gasteiger partial charge in [-0.1, -0.05) is 0 Å². The fourth-order valence-corrected chi connectivity index (χ4v) is 3.00. The maximum Gasteiger partial charge on any atom is 0.416 e. The molecule has 0 amide bonds. The number of hydrogen-bond acceptors (Lipinski definition) is 4. The maximum atomic E-state index is 13.2. The van der Waals surface area contributed by atoms with Crippen LogP contribution in [0.15, 0.2) is 41.0 Å². The molecular formula is C17H20ClF3N2O2. The van der Waals surface area contributed by atoms with Gasteiger partial charge in [0.2, 0.25) is 0 Å². The lowest BCUT2D eigenvalue weighted by Gasteiger charge is -2.34. The van der Waals surface area contributed by atoms with Crippen LogP contribution in [0.1, 0.15) is 22.9 Å². The molecule has 1 fully saturated rings. The van der Waals surface area contributed by atoms with Crippen molar-refractivity contribution in [3.63, 3.8) is 0 Å². The number of ether oxygens (including phenoxy) is 1. The highest BCUT2D eigenvalue weighted by molar-refractivity contribution is 5.85. The van der Waals surface area contributed by atoms with E-state index >= 15 is 0 Å². The monoisotopic (exact) mass is 376 g/mol. The van der Waals surface area contributed by atoms with Gasteiger partial charge in [-0.25, -0.2) is 0 Å². The van der Waals surface area contributed by atoms with E-state index in [-0.39, 0.29) is 24.2 Å². The average Bonchev–Trinajstić information content (AvgIpc) is 3.09. The van der Waals surface area contributed by atoms with Gasteiger partial charge in [-0.3, -0.25) is 4.90 Å².